The molecule has 17 heavy (non-hydrogen) atoms. The van der Waals surface area contributed by atoms with E-state index in [-0.39, 0.29) is 0 Å². The molecular weight excluding hydrogens is 222 g/mol. The third-order valence-electron chi connectivity index (χ3n) is 2.38. The number of nitrogens with one attached hydrogen (secondary N) is 1. The van der Waals surface area contributed by atoms with Crippen molar-refractivity contribution in [1.29, 1.82) is 0 Å². The molecule has 5 nitrogen and oxygen atoms in total. The number of hydrogen-bond acceptors (Lipinski definition) is 4. The number of aryl methyl sites for hydroxylation is 1. The van der Waals surface area contributed by atoms with Crippen molar-refractivity contribution in [3.8, 4) is 0 Å². The highest BCUT2D eigenvalue weighted by atomic mass is 16.4. The van der Waals surface area contributed by atoms with Gasteiger partial charge in [0, 0.05) is 23.2 Å². The maximum atomic E-state index is 11.2. The first-order valence-electron chi connectivity index (χ1n) is 5.05. The Kier molecular flexibility index (Phi) is 2.93. The molecule has 0 spiro atoms. The van der Waals surface area contributed by atoms with Gasteiger partial charge >= 0.3 is 5.63 Å². The van der Waals surface area contributed by atoms with Crippen LogP contribution in [0.5, 0.6) is 0 Å². The fraction of sp³-hybridized carbons (Fsp3) is 0.167. The molecule has 0 radical (unpaired) electrons. The predicted octanol–water partition coefficient (Wildman–Crippen LogP) is 1.03. The molecule has 1 aromatic heterocycles. The van der Waals surface area contributed by atoms with Crippen molar-refractivity contribution in [3.63, 3.8) is 0 Å². The lowest BCUT2D eigenvalue weighted by Crippen LogP contribution is -2.15. The number of carbonyl (C=O) groups excluding carboxylic acids is 1. The molecule has 0 saturated heterocycles. The first-order valence-corrected chi connectivity index (χ1v) is 5.05. The quantitative estimate of drug-likeness (QED) is 0.759. The summed E-state index contributed by atoms with van der Waals surface area (Å²) in [6.07, 6.45) is 0. The van der Waals surface area contributed by atoms with Crippen LogP contribution in [0.3, 0.4) is 0 Å². The normalized spacial score (nSPS) is 10.5. The molecule has 1 aromatic carbocycles. The highest BCUT2D eigenvalue weighted by Crippen LogP contribution is 2.20. The van der Waals surface area contributed by atoms with Crippen molar-refractivity contribution in [2.75, 3.05) is 11.9 Å². The van der Waals surface area contributed by atoms with Crippen molar-refractivity contribution in [2.24, 2.45) is 0 Å². The molecule has 2 rings (SSSR count). The Morgan fingerprint density at radius 2 is 2.18 bits per heavy atom. The van der Waals surface area contributed by atoms with E-state index in [1.54, 1.807) is 18.2 Å². The zero-order chi connectivity index (χ0) is 12.4. The molecule has 0 bridgehead atoms. The summed E-state index contributed by atoms with van der Waals surface area (Å²) < 4.78 is 5.03. The second-order valence-electron chi connectivity index (χ2n) is 3.67. The minimum atomic E-state index is -0.587. The van der Waals surface area contributed by atoms with E-state index in [0.29, 0.717) is 11.3 Å². The molecule has 2 N–H and O–H groups in total. The van der Waals surface area contributed by atoms with Gasteiger partial charge < -0.3 is 14.8 Å². The van der Waals surface area contributed by atoms with Crippen molar-refractivity contribution < 1.29 is 14.3 Å². The Labute approximate surface area is 96.7 Å². The van der Waals surface area contributed by atoms with E-state index in [1.165, 1.54) is 6.07 Å². The topological polar surface area (TPSA) is 79.5 Å². The lowest BCUT2D eigenvalue weighted by atomic mass is 10.1. The van der Waals surface area contributed by atoms with E-state index >= 15 is 0 Å². The van der Waals surface area contributed by atoms with Gasteiger partial charge in [0.2, 0.25) is 5.91 Å². The molecule has 2 aromatic rings. The van der Waals surface area contributed by atoms with Crippen LogP contribution in [0.4, 0.5) is 5.69 Å². The second-order valence-corrected chi connectivity index (χ2v) is 3.67. The number of hydrogen-bond donors (Lipinski definition) is 2. The maximum Gasteiger partial charge on any atom is 0.336 e. The Hall–Kier alpha value is -2.14. The molecule has 5 heteroatoms. The van der Waals surface area contributed by atoms with Gasteiger partial charge in [-0.15, -0.1) is 0 Å². The Morgan fingerprint density at radius 3 is 2.88 bits per heavy atom. The van der Waals surface area contributed by atoms with E-state index in [1.807, 2.05) is 6.92 Å². The van der Waals surface area contributed by atoms with Crippen LogP contribution in [0.15, 0.2) is 33.5 Å². The molecule has 0 saturated carbocycles. The molecule has 0 aliphatic heterocycles. The average molecular weight is 233 g/mol. The predicted molar refractivity (Wildman–Crippen MR) is 62.9 cm³/mol. The molecule has 0 unspecified atom stereocenters. The van der Waals surface area contributed by atoms with Crippen LogP contribution >= 0.6 is 0 Å². The standard InChI is InChI=1S/C12H11NO4/c1-7-4-12(16)17-10-5-8(2-3-9(7)10)13-11(15)6-14/h2-5,14H,6H2,1H3,(H,13,15). The van der Waals surface area contributed by atoms with Crippen LogP contribution in [0.2, 0.25) is 0 Å². The number of carbonyl (C=O) groups is 1. The summed E-state index contributed by atoms with van der Waals surface area (Å²) in [7, 11) is 0. The molecule has 88 valence electrons. The van der Waals surface area contributed by atoms with Crippen molar-refractivity contribution in [1.82, 2.24) is 0 Å². The van der Waals surface area contributed by atoms with Gasteiger partial charge in [0.05, 0.1) is 0 Å². The largest absolute Gasteiger partial charge is 0.423 e. The average Bonchev–Trinajstić information content (AvgIpc) is 2.28. The van der Waals surface area contributed by atoms with Gasteiger partial charge in [0.1, 0.15) is 12.2 Å². The summed E-state index contributed by atoms with van der Waals surface area (Å²) in [5, 5.41) is 11.9. The van der Waals surface area contributed by atoms with Gasteiger partial charge in [0.15, 0.2) is 0 Å². The van der Waals surface area contributed by atoms with E-state index in [9.17, 15) is 9.59 Å². The summed E-state index contributed by atoms with van der Waals surface area (Å²) in [4.78, 5) is 22.2. The van der Waals surface area contributed by atoms with Crippen LogP contribution in [0, 0.1) is 6.92 Å². The first-order chi connectivity index (χ1) is 8.10. The number of aliphatic hydroxyl groups excluding tert-OH is 1. The molecule has 1 amide bonds. The molecule has 0 fully saturated rings. The number of fused-ring (bicyclic) bond motifs is 1. The van der Waals surface area contributed by atoms with Gasteiger partial charge in [-0.05, 0) is 24.6 Å². The van der Waals surface area contributed by atoms with Gasteiger partial charge in [0.25, 0.3) is 0 Å². The van der Waals surface area contributed by atoms with Crippen molar-refractivity contribution in [3.05, 3.63) is 40.2 Å². The summed E-state index contributed by atoms with van der Waals surface area (Å²) in [5.41, 5.74) is 1.27. The molecule has 0 aliphatic rings. The number of rotatable bonds is 2. The van der Waals surface area contributed by atoms with Gasteiger partial charge in [-0.3, -0.25) is 4.79 Å². The lowest BCUT2D eigenvalue weighted by Gasteiger charge is -2.05. The fourth-order valence-corrected chi connectivity index (χ4v) is 1.60. The third-order valence-corrected chi connectivity index (χ3v) is 2.38. The van der Waals surface area contributed by atoms with E-state index < -0.39 is 18.1 Å². The first kappa shape index (κ1) is 11.3. The highest BCUT2D eigenvalue weighted by Gasteiger charge is 2.05. The van der Waals surface area contributed by atoms with Crippen LogP contribution in [-0.4, -0.2) is 17.6 Å². The maximum absolute atomic E-state index is 11.2. The van der Waals surface area contributed by atoms with Crippen LogP contribution < -0.4 is 10.9 Å². The molecule has 1 heterocycles. The van der Waals surface area contributed by atoms with Crippen LogP contribution in [0.25, 0.3) is 11.0 Å². The number of amides is 1. The van der Waals surface area contributed by atoms with Crippen LogP contribution in [0.1, 0.15) is 5.56 Å². The van der Waals surface area contributed by atoms with Crippen molar-refractivity contribution in [2.45, 2.75) is 6.92 Å². The molecular formula is C12H11NO4. The molecule has 0 atom stereocenters. The zero-order valence-corrected chi connectivity index (χ0v) is 9.19. The fourth-order valence-electron chi connectivity index (χ4n) is 1.60. The lowest BCUT2D eigenvalue weighted by molar-refractivity contribution is -0.118. The summed E-state index contributed by atoms with van der Waals surface area (Å²) >= 11 is 0. The number of benzene rings is 1. The number of aliphatic hydroxyl groups is 1. The Bertz CT molecular complexity index is 630. The zero-order valence-electron chi connectivity index (χ0n) is 9.19. The smallest absolute Gasteiger partial charge is 0.336 e. The number of anilines is 1. The minimum absolute atomic E-state index is 0.408. The van der Waals surface area contributed by atoms with Crippen LogP contribution in [-0.2, 0) is 4.79 Å². The van der Waals surface area contributed by atoms with E-state index in [2.05, 4.69) is 5.32 Å². The summed E-state index contributed by atoms with van der Waals surface area (Å²) in [6, 6.07) is 6.40. The third kappa shape index (κ3) is 2.34. The van der Waals surface area contributed by atoms with Gasteiger partial charge in [-0.2, -0.15) is 0 Å². The van der Waals surface area contributed by atoms with Gasteiger partial charge in [-0.1, -0.05) is 0 Å². The van der Waals surface area contributed by atoms with E-state index in [0.717, 1.165) is 10.9 Å². The molecule has 0 aliphatic carbocycles. The SMILES string of the molecule is Cc1cc(=O)oc2cc(NC(=O)CO)ccc12. The second kappa shape index (κ2) is 4.39. The Morgan fingerprint density at radius 1 is 1.41 bits per heavy atom. The highest BCUT2D eigenvalue weighted by molar-refractivity contribution is 5.94. The minimum Gasteiger partial charge on any atom is -0.423 e. The van der Waals surface area contributed by atoms with Crippen molar-refractivity contribution >= 4 is 22.6 Å². The summed E-state index contributed by atoms with van der Waals surface area (Å²) in [5.74, 6) is -0.514. The summed E-state index contributed by atoms with van der Waals surface area (Å²) in [6.45, 7) is 1.22. The van der Waals surface area contributed by atoms with Gasteiger partial charge in [-0.25, -0.2) is 4.79 Å². The van der Waals surface area contributed by atoms with E-state index in [4.69, 9.17) is 9.52 Å². The Balaban J connectivity index is 2.50. The monoisotopic (exact) mass is 233 g/mol.